The molecular formula is C31H21BrCl2N2O5. The molecule has 0 bridgehead atoms. The molecule has 0 aromatic heterocycles. The summed E-state index contributed by atoms with van der Waals surface area (Å²) in [6, 6.07) is 25.4. The van der Waals surface area contributed by atoms with E-state index in [1.165, 1.54) is 6.08 Å². The van der Waals surface area contributed by atoms with Crippen molar-refractivity contribution in [2.75, 3.05) is 4.90 Å². The number of imide groups is 2. The van der Waals surface area contributed by atoms with E-state index in [9.17, 15) is 14.4 Å². The van der Waals surface area contributed by atoms with E-state index in [0.29, 0.717) is 39.4 Å². The molecule has 41 heavy (non-hydrogen) atoms. The Morgan fingerprint density at radius 3 is 2.07 bits per heavy atom. The summed E-state index contributed by atoms with van der Waals surface area (Å²) in [6.45, 7) is 0.596. The molecule has 7 nitrogen and oxygen atoms in total. The molecular weight excluding hydrogens is 631 g/mol. The van der Waals surface area contributed by atoms with Crippen LogP contribution in [0.25, 0.3) is 6.08 Å². The van der Waals surface area contributed by atoms with Crippen molar-refractivity contribution in [2.45, 2.75) is 13.2 Å². The van der Waals surface area contributed by atoms with Crippen LogP contribution in [0.5, 0.6) is 11.5 Å². The molecule has 0 radical (unpaired) electrons. The van der Waals surface area contributed by atoms with E-state index in [2.05, 4.69) is 21.2 Å². The van der Waals surface area contributed by atoms with Crippen molar-refractivity contribution in [3.05, 3.63) is 128 Å². The maximum atomic E-state index is 13.3. The Kier molecular flexibility index (Phi) is 8.73. The summed E-state index contributed by atoms with van der Waals surface area (Å²) in [7, 11) is 0. The van der Waals surface area contributed by atoms with Crippen LogP contribution >= 0.6 is 39.1 Å². The van der Waals surface area contributed by atoms with Gasteiger partial charge in [0, 0.05) is 20.1 Å². The van der Waals surface area contributed by atoms with Crippen molar-refractivity contribution in [1.82, 2.24) is 5.32 Å². The van der Waals surface area contributed by atoms with Crippen LogP contribution in [0.15, 0.2) is 101 Å². The molecule has 0 saturated carbocycles. The quantitative estimate of drug-likeness (QED) is 0.157. The number of nitrogens with one attached hydrogen (secondary N) is 1. The van der Waals surface area contributed by atoms with Gasteiger partial charge in [0.1, 0.15) is 30.3 Å². The molecule has 1 fully saturated rings. The summed E-state index contributed by atoms with van der Waals surface area (Å²) < 4.78 is 12.6. The van der Waals surface area contributed by atoms with Crippen molar-refractivity contribution in [2.24, 2.45) is 0 Å². The van der Waals surface area contributed by atoms with Gasteiger partial charge in [-0.25, -0.2) is 9.69 Å². The highest BCUT2D eigenvalue weighted by Gasteiger charge is 2.36. The summed E-state index contributed by atoms with van der Waals surface area (Å²) in [5.74, 6) is -0.380. The summed E-state index contributed by atoms with van der Waals surface area (Å²) in [5, 5.41) is 3.27. The molecule has 4 aromatic rings. The fourth-order valence-corrected chi connectivity index (χ4v) is 4.68. The number of hydrogen-bond donors (Lipinski definition) is 1. The van der Waals surface area contributed by atoms with Gasteiger partial charge in [-0.05, 0) is 77.9 Å². The van der Waals surface area contributed by atoms with Crippen LogP contribution in [0.4, 0.5) is 10.5 Å². The maximum Gasteiger partial charge on any atom is 0.335 e. The van der Waals surface area contributed by atoms with Crippen molar-refractivity contribution in [3.63, 3.8) is 0 Å². The van der Waals surface area contributed by atoms with E-state index in [0.717, 1.165) is 20.5 Å². The third-order valence-electron chi connectivity index (χ3n) is 6.12. The van der Waals surface area contributed by atoms with E-state index in [-0.39, 0.29) is 12.2 Å². The molecule has 1 saturated heterocycles. The lowest BCUT2D eigenvalue weighted by atomic mass is 10.1. The Labute approximate surface area is 254 Å². The summed E-state index contributed by atoms with van der Waals surface area (Å²) in [5.41, 5.74) is 2.46. The first-order valence-electron chi connectivity index (χ1n) is 12.3. The minimum absolute atomic E-state index is 0.179. The van der Waals surface area contributed by atoms with Crippen LogP contribution in [-0.4, -0.2) is 17.8 Å². The van der Waals surface area contributed by atoms with E-state index in [4.69, 9.17) is 32.7 Å². The molecule has 4 amide bonds. The summed E-state index contributed by atoms with van der Waals surface area (Å²) in [6.07, 6.45) is 1.42. The summed E-state index contributed by atoms with van der Waals surface area (Å²) >= 11 is 15.5. The first-order valence-corrected chi connectivity index (χ1v) is 13.9. The van der Waals surface area contributed by atoms with Gasteiger partial charge < -0.3 is 9.47 Å². The van der Waals surface area contributed by atoms with Crippen LogP contribution in [-0.2, 0) is 22.8 Å². The Hall–Kier alpha value is -4.11. The van der Waals surface area contributed by atoms with Gasteiger partial charge in [-0.15, -0.1) is 0 Å². The summed E-state index contributed by atoms with van der Waals surface area (Å²) in [4.78, 5) is 39.3. The number of hydrogen-bond acceptors (Lipinski definition) is 5. The normalized spacial score (nSPS) is 14.3. The third-order valence-corrected chi connectivity index (χ3v) is 7.23. The molecule has 0 aliphatic carbocycles. The zero-order valence-electron chi connectivity index (χ0n) is 21.3. The van der Waals surface area contributed by atoms with E-state index in [1.54, 1.807) is 66.7 Å². The molecule has 0 unspecified atom stereocenters. The number of barbiturate groups is 1. The molecule has 1 aliphatic heterocycles. The van der Waals surface area contributed by atoms with Gasteiger partial charge in [-0.3, -0.25) is 14.9 Å². The molecule has 1 N–H and O–H groups in total. The van der Waals surface area contributed by atoms with E-state index in [1.807, 2.05) is 24.3 Å². The predicted octanol–water partition coefficient (Wildman–Crippen LogP) is 7.58. The van der Waals surface area contributed by atoms with Gasteiger partial charge in [-0.2, -0.15) is 0 Å². The highest BCUT2D eigenvalue weighted by molar-refractivity contribution is 9.10. The number of rotatable bonds is 8. The van der Waals surface area contributed by atoms with Crippen LogP contribution < -0.4 is 19.7 Å². The van der Waals surface area contributed by atoms with Gasteiger partial charge in [0.25, 0.3) is 11.8 Å². The Morgan fingerprint density at radius 2 is 1.41 bits per heavy atom. The number of carbonyl (C=O) groups is 3. The number of carbonyl (C=O) groups excluding carboxylic acids is 3. The molecule has 206 valence electrons. The Bertz CT molecular complexity index is 1640. The van der Waals surface area contributed by atoms with Crippen LogP contribution in [0, 0.1) is 0 Å². The number of benzene rings is 4. The average Bonchev–Trinajstić information content (AvgIpc) is 2.96. The van der Waals surface area contributed by atoms with Crippen molar-refractivity contribution < 1.29 is 23.9 Å². The molecule has 1 aliphatic rings. The number of ether oxygens (including phenoxy) is 2. The van der Waals surface area contributed by atoms with E-state index < -0.39 is 17.8 Å². The van der Waals surface area contributed by atoms with Gasteiger partial charge in [-0.1, -0.05) is 69.5 Å². The van der Waals surface area contributed by atoms with Crippen molar-refractivity contribution >= 4 is 68.7 Å². The SMILES string of the molecule is O=C1NC(=O)N(c2ccc(OCc3ccc(Br)cc3)cc2)C(=O)/C1=C/c1ccc(OCc2ccc(Cl)cc2Cl)cc1. The number of halogens is 3. The average molecular weight is 652 g/mol. The first-order chi connectivity index (χ1) is 19.8. The lowest BCUT2D eigenvalue weighted by Crippen LogP contribution is -2.54. The second-order valence-electron chi connectivity index (χ2n) is 8.96. The first kappa shape index (κ1) is 28.4. The largest absolute Gasteiger partial charge is 0.489 e. The van der Waals surface area contributed by atoms with Crippen LogP contribution in [0.2, 0.25) is 10.0 Å². The number of amides is 4. The zero-order valence-corrected chi connectivity index (χ0v) is 24.4. The third kappa shape index (κ3) is 6.97. The molecule has 4 aromatic carbocycles. The van der Waals surface area contributed by atoms with Crippen molar-refractivity contribution in [3.8, 4) is 11.5 Å². The second kappa shape index (κ2) is 12.6. The van der Waals surface area contributed by atoms with Crippen LogP contribution in [0.3, 0.4) is 0 Å². The lowest BCUT2D eigenvalue weighted by Gasteiger charge is -2.26. The molecule has 1 heterocycles. The monoisotopic (exact) mass is 650 g/mol. The second-order valence-corrected chi connectivity index (χ2v) is 10.7. The Balaban J connectivity index is 1.26. The molecule has 5 rings (SSSR count). The van der Waals surface area contributed by atoms with Gasteiger partial charge in [0.15, 0.2) is 0 Å². The molecule has 10 heteroatoms. The molecule has 0 spiro atoms. The fourth-order valence-electron chi connectivity index (χ4n) is 3.96. The molecule has 0 atom stereocenters. The standard InChI is InChI=1S/C31H21BrCl2N2O5/c32-22-6-1-20(2-7-22)17-40-26-13-9-24(10-14-26)36-30(38)27(29(37)35-31(36)39)15-19-3-11-25(12-4-19)41-18-21-5-8-23(33)16-28(21)34/h1-16H,17-18H2,(H,35,37,39)/b27-15+. The predicted molar refractivity (Wildman–Crippen MR) is 161 cm³/mol. The zero-order chi connectivity index (χ0) is 28.9. The highest BCUT2D eigenvalue weighted by Crippen LogP contribution is 2.26. The minimum Gasteiger partial charge on any atom is -0.489 e. The smallest absolute Gasteiger partial charge is 0.335 e. The number of urea groups is 1. The number of anilines is 1. The Morgan fingerprint density at radius 1 is 0.780 bits per heavy atom. The van der Waals surface area contributed by atoms with Crippen molar-refractivity contribution in [1.29, 1.82) is 0 Å². The van der Waals surface area contributed by atoms with Gasteiger partial charge in [0.2, 0.25) is 0 Å². The minimum atomic E-state index is -0.828. The number of nitrogens with zero attached hydrogens (tertiary/aromatic N) is 1. The van der Waals surface area contributed by atoms with Gasteiger partial charge >= 0.3 is 6.03 Å². The maximum absolute atomic E-state index is 13.3. The topological polar surface area (TPSA) is 84.9 Å². The lowest BCUT2D eigenvalue weighted by molar-refractivity contribution is -0.122. The highest BCUT2D eigenvalue weighted by atomic mass is 79.9. The van der Waals surface area contributed by atoms with E-state index >= 15 is 0 Å². The van der Waals surface area contributed by atoms with Gasteiger partial charge in [0.05, 0.1) is 5.69 Å². The van der Waals surface area contributed by atoms with Crippen LogP contribution in [0.1, 0.15) is 16.7 Å². The fraction of sp³-hybridized carbons (Fsp3) is 0.0645.